The molecule has 0 unspecified atom stereocenters. The van der Waals surface area contributed by atoms with Crippen LogP contribution in [0.5, 0.6) is 0 Å². The summed E-state index contributed by atoms with van der Waals surface area (Å²) in [4.78, 5) is 51.4. The number of aldehydes is 1. The van der Waals surface area contributed by atoms with Crippen LogP contribution in [0.25, 0.3) is 11.4 Å². The molecule has 13 heteroatoms. The number of halogens is 2. The summed E-state index contributed by atoms with van der Waals surface area (Å²) < 4.78 is 7.34. The van der Waals surface area contributed by atoms with Gasteiger partial charge in [-0.15, -0.1) is 5.10 Å². The number of H-pyrrole nitrogens is 1. The molecule has 3 aliphatic rings. The van der Waals surface area contributed by atoms with Gasteiger partial charge < -0.3 is 14.4 Å². The monoisotopic (exact) mass is 669 g/mol. The molecule has 1 amide bonds. The number of piperidine rings is 2. The highest BCUT2D eigenvalue weighted by molar-refractivity contribution is 6.42. The van der Waals surface area contributed by atoms with Gasteiger partial charge in [0.05, 0.1) is 16.1 Å². The van der Waals surface area contributed by atoms with Crippen LogP contribution in [-0.2, 0) is 16.1 Å². The standard InChI is InChI=1S/C33H41Cl2N7O4/c1-38-13-9-26(10-14-38)39-16-18-40(19-17-39)33(12-20-43)22-27(42-31(44)36-30(37-42)25-5-3-2-4-6-25)11-15-41(33)32(45)46-23-24-7-8-28(34)29(35)21-24/h2-8,20-21,26-27H,9-19,22-23H2,1H3,(H,36,37,44)/t27-,33+/m1/s1. The molecule has 3 aromatic rings. The second-order valence-corrected chi connectivity index (χ2v) is 13.4. The first-order valence-corrected chi connectivity index (χ1v) is 16.8. The van der Waals surface area contributed by atoms with Crippen molar-refractivity contribution >= 4 is 35.6 Å². The highest BCUT2D eigenvalue weighted by Crippen LogP contribution is 2.40. The average molecular weight is 671 g/mol. The number of ether oxygens (including phenoxy) is 1. The van der Waals surface area contributed by atoms with Gasteiger partial charge >= 0.3 is 11.8 Å². The molecule has 1 N–H and O–H groups in total. The molecule has 11 nitrogen and oxygen atoms in total. The zero-order chi connectivity index (χ0) is 32.3. The van der Waals surface area contributed by atoms with Crippen molar-refractivity contribution in [3.8, 4) is 11.4 Å². The van der Waals surface area contributed by atoms with Gasteiger partial charge in [-0.3, -0.25) is 19.7 Å². The number of aromatic nitrogens is 3. The number of carbonyl (C=O) groups is 2. The third-order valence-electron chi connectivity index (χ3n) is 9.87. The van der Waals surface area contributed by atoms with E-state index in [0.717, 1.165) is 50.9 Å². The van der Waals surface area contributed by atoms with Crippen LogP contribution in [0.15, 0.2) is 53.3 Å². The fourth-order valence-corrected chi connectivity index (χ4v) is 7.65. The van der Waals surface area contributed by atoms with Gasteiger partial charge in [-0.2, -0.15) is 0 Å². The maximum absolute atomic E-state index is 13.9. The number of amides is 1. The van der Waals surface area contributed by atoms with Gasteiger partial charge in [0.25, 0.3) is 0 Å². The predicted octanol–water partition coefficient (Wildman–Crippen LogP) is 4.52. The predicted molar refractivity (Wildman–Crippen MR) is 177 cm³/mol. The average Bonchev–Trinajstić information content (AvgIpc) is 3.47. The molecule has 4 heterocycles. The third-order valence-corrected chi connectivity index (χ3v) is 10.6. The first kappa shape index (κ1) is 32.7. The second-order valence-electron chi connectivity index (χ2n) is 12.6. The highest BCUT2D eigenvalue weighted by atomic mass is 35.5. The molecule has 3 fully saturated rings. The Labute approximate surface area is 279 Å². The molecule has 0 spiro atoms. The number of nitrogens with one attached hydrogen (secondary N) is 1. The zero-order valence-corrected chi connectivity index (χ0v) is 27.6. The van der Waals surface area contributed by atoms with E-state index in [1.54, 1.807) is 23.1 Å². The topological polar surface area (TPSA) is 107 Å². The molecular weight excluding hydrogens is 629 g/mol. The van der Waals surface area contributed by atoms with Crippen molar-refractivity contribution in [2.45, 2.75) is 56.5 Å². The Balaban J connectivity index is 1.26. The van der Waals surface area contributed by atoms with Crippen LogP contribution in [0.3, 0.4) is 0 Å². The summed E-state index contributed by atoms with van der Waals surface area (Å²) in [5, 5.41) is 5.49. The third kappa shape index (κ3) is 6.89. The number of nitrogens with zero attached hydrogens (tertiary/aromatic N) is 6. The molecule has 0 aliphatic carbocycles. The fourth-order valence-electron chi connectivity index (χ4n) is 7.33. The van der Waals surface area contributed by atoms with Gasteiger partial charge in [0.2, 0.25) is 0 Å². The molecule has 0 saturated carbocycles. The lowest BCUT2D eigenvalue weighted by Crippen LogP contribution is -2.69. The van der Waals surface area contributed by atoms with Crippen LogP contribution in [0.4, 0.5) is 4.79 Å². The molecule has 2 atom stereocenters. The van der Waals surface area contributed by atoms with E-state index < -0.39 is 11.8 Å². The van der Waals surface area contributed by atoms with Crippen molar-refractivity contribution in [2.75, 3.05) is 52.9 Å². The van der Waals surface area contributed by atoms with Gasteiger partial charge in [-0.1, -0.05) is 59.6 Å². The molecule has 2 aromatic carbocycles. The summed E-state index contributed by atoms with van der Waals surface area (Å²) in [6.07, 6.45) is 3.58. The molecule has 0 bridgehead atoms. The van der Waals surface area contributed by atoms with E-state index in [1.807, 2.05) is 30.3 Å². The molecule has 3 aliphatic heterocycles. The first-order chi connectivity index (χ1) is 22.3. The fraction of sp³-hybridized carbons (Fsp3) is 0.515. The largest absolute Gasteiger partial charge is 0.444 e. The molecule has 6 rings (SSSR count). The van der Waals surface area contributed by atoms with Crippen LogP contribution < -0.4 is 5.69 Å². The number of piperazine rings is 1. The number of likely N-dealkylation sites (tertiary alicyclic amines) is 2. The van der Waals surface area contributed by atoms with E-state index in [2.05, 4.69) is 31.8 Å². The normalized spacial score (nSPS) is 23.8. The smallest absolute Gasteiger partial charge is 0.411 e. The number of benzene rings is 2. The first-order valence-electron chi connectivity index (χ1n) is 16.0. The Morgan fingerprint density at radius 3 is 2.39 bits per heavy atom. The Morgan fingerprint density at radius 1 is 0.978 bits per heavy atom. The number of hydrogen-bond donors (Lipinski definition) is 1. The molecule has 1 aromatic heterocycles. The van der Waals surface area contributed by atoms with Crippen molar-refractivity contribution in [2.24, 2.45) is 0 Å². The van der Waals surface area contributed by atoms with Crippen molar-refractivity contribution in [1.82, 2.24) is 34.4 Å². The summed E-state index contributed by atoms with van der Waals surface area (Å²) in [5.74, 6) is 0.488. The number of rotatable bonds is 8. The molecule has 0 radical (unpaired) electrons. The minimum absolute atomic E-state index is 0.00990. The van der Waals surface area contributed by atoms with Gasteiger partial charge in [-0.25, -0.2) is 14.3 Å². The van der Waals surface area contributed by atoms with Crippen molar-refractivity contribution < 1.29 is 14.3 Å². The highest BCUT2D eigenvalue weighted by Gasteiger charge is 2.51. The van der Waals surface area contributed by atoms with Gasteiger partial charge in [0.15, 0.2) is 5.82 Å². The zero-order valence-electron chi connectivity index (χ0n) is 26.1. The molecule has 3 saturated heterocycles. The lowest BCUT2D eigenvalue weighted by molar-refractivity contribution is -0.129. The number of carbonyl (C=O) groups excluding carboxylic acids is 2. The van der Waals surface area contributed by atoms with Crippen LogP contribution in [-0.4, -0.2) is 111 Å². The van der Waals surface area contributed by atoms with E-state index in [0.29, 0.717) is 60.0 Å². The quantitative estimate of drug-likeness (QED) is 0.349. The van der Waals surface area contributed by atoms with Crippen LogP contribution in [0, 0.1) is 0 Å². The summed E-state index contributed by atoms with van der Waals surface area (Å²) in [6.45, 7) is 5.54. The second kappa shape index (κ2) is 14.3. The van der Waals surface area contributed by atoms with Crippen molar-refractivity contribution in [1.29, 1.82) is 0 Å². The van der Waals surface area contributed by atoms with E-state index in [1.165, 1.54) is 4.68 Å². The molecule has 246 valence electrons. The van der Waals surface area contributed by atoms with E-state index in [4.69, 9.17) is 27.9 Å². The summed E-state index contributed by atoms with van der Waals surface area (Å²) in [6, 6.07) is 14.8. The number of hydrogen-bond acceptors (Lipinski definition) is 8. The Kier molecular flexibility index (Phi) is 10.1. The lowest BCUT2D eigenvalue weighted by atomic mass is 9.86. The van der Waals surface area contributed by atoms with Gasteiger partial charge in [0, 0.05) is 57.2 Å². The minimum atomic E-state index is -0.983. The molecular formula is C33H41Cl2N7O4. The lowest BCUT2D eigenvalue weighted by Gasteiger charge is -2.56. The van der Waals surface area contributed by atoms with Crippen molar-refractivity contribution in [3.63, 3.8) is 0 Å². The van der Waals surface area contributed by atoms with Gasteiger partial charge in [-0.05, 0) is 57.1 Å². The summed E-state index contributed by atoms with van der Waals surface area (Å²) in [5.41, 5.74) is 0.225. The minimum Gasteiger partial charge on any atom is -0.444 e. The maximum atomic E-state index is 13.9. The Hall–Kier alpha value is -3.22. The summed E-state index contributed by atoms with van der Waals surface area (Å²) >= 11 is 12.3. The number of aromatic amines is 1. The van der Waals surface area contributed by atoms with Crippen LogP contribution in [0.2, 0.25) is 10.0 Å². The Morgan fingerprint density at radius 2 is 1.70 bits per heavy atom. The van der Waals surface area contributed by atoms with Crippen LogP contribution >= 0.6 is 23.2 Å². The van der Waals surface area contributed by atoms with Crippen molar-refractivity contribution in [3.05, 3.63) is 74.6 Å². The Bertz CT molecular complexity index is 1570. The summed E-state index contributed by atoms with van der Waals surface area (Å²) in [7, 11) is 2.17. The molecule has 46 heavy (non-hydrogen) atoms. The van der Waals surface area contributed by atoms with E-state index >= 15 is 0 Å². The van der Waals surface area contributed by atoms with Crippen LogP contribution in [0.1, 0.15) is 43.7 Å². The maximum Gasteiger partial charge on any atom is 0.411 e. The van der Waals surface area contributed by atoms with Gasteiger partial charge in [0.1, 0.15) is 18.6 Å². The van der Waals surface area contributed by atoms with E-state index in [9.17, 15) is 14.4 Å². The SMILES string of the molecule is CN1CCC(N2CCN([C@]3(CC=O)C[C@H](n4nc(-c5ccccc5)[nH]c4=O)CCN3C(=O)OCc3ccc(Cl)c(Cl)c3)CC2)CC1. The van der Waals surface area contributed by atoms with E-state index in [-0.39, 0.29) is 24.8 Å².